The standard InChI is InChI=1S/C21H34N2Si2/c1-24(2,3)20-12-8-18(9-13-20)22-16-7-17-23-19-10-14-21(15-11-19)25(4,5)6/h8-15,22-23H,7,16-17H2,1-6H3. The third kappa shape index (κ3) is 6.36. The van der Waals surface area contributed by atoms with Crippen LogP contribution in [0.25, 0.3) is 0 Å². The van der Waals surface area contributed by atoms with Crippen LogP contribution in [0.15, 0.2) is 48.5 Å². The molecule has 0 aliphatic carbocycles. The first-order chi connectivity index (χ1) is 11.7. The largest absolute Gasteiger partial charge is 0.385 e. The van der Waals surface area contributed by atoms with Crippen LogP contribution in [0.4, 0.5) is 11.4 Å². The summed E-state index contributed by atoms with van der Waals surface area (Å²) in [6.07, 6.45) is 1.10. The first kappa shape index (κ1) is 19.8. The van der Waals surface area contributed by atoms with E-state index in [1.807, 2.05) is 0 Å². The molecule has 2 rings (SSSR count). The van der Waals surface area contributed by atoms with E-state index in [1.54, 1.807) is 0 Å². The highest BCUT2D eigenvalue weighted by Gasteiger charge is 2.16. The molecule has 2 aromatic carbocycles. The van der Waals surface area contributed by atoms with Crippen LogP contribution in [0.5, 0.6) is 0 Å². The van der Waals surface area contributed by atoms with Gasteiger partial charge in [-0.2, -0.15) is 0 Å². The van der Waals surface area contributed by atoms with Crippen LogP contribution in [0.1, 0.15) is 6.42 Å². The molecule has 136 valence electrons. The number of nitrogens with one attached hydrogen (secondary N) is 2. The minimum atomic E-state index is -1.19. The molecule has 0 aliphatic rings. The van der Waals surface area contributed by atoms with Crippen molar-refractivity contribution >= 4 is 37.9 Å². The molecule has 0 bridgehead atoms. The van der Waals surface area contributed by atoms with Gasteiger partial charge in [-0.3, -0.25) is 0 Å². The van der Waals surface area contributed by atoms with Crippen molar-refractivity contribution < 1.29 is 0 Å². The number of hydrogen-bond donors (Lipinski definition) is 2. The van der Waals surface area contributed by atoms with E-state index in [1.165, 1.54) is 21.7 Å². The SMILES string of the molecule is C[Si](C)(C)c1ccc(NCCCNc2ccc([Si](C)(C)C)cc2)cc1. The van der Waals surface area contributed by atoms with E-state index >= 15 is 0 Å². The van der Waals surface area contributed by atoms with Gasteiger partial charge in [0.05, 0.1) is 16.1 Å². The van der Waals surface area contributed by atoms with Crippen molar-refractivity contribution in [3.63, 3.8) is 0 Å². The monoisotopic (exact) mass is 370 g/mol. The second-order valence-electron chi connectivity index (χ2n) is 8.86. The fourth-order valence-corrected chi connectivity index (χ4v) is 5.06. The molecule has 0 spiro atoms. The Labute approximate surface area is 156 Å². The molecule has 0 saturated heterocycles. The van der Waals surface area contributed by atoms with Gasteiger partial charge in [0.1, 0.15) is 0 Å². The van der Waals surface area contributed by atoms with E-state index in [4.69, 9.17) is 0 Å². The zero-order valence-electron chi connectivity index (χ0n) is 16.7. The van der Waals surface area contributed by atoms with Crippen LogP contribution in [0, 0.1) is 0 Å². The summed E-state index contributed by atoms with van der Waals surface area (Å²) in [5.41, 5.74) is 2.45. The molecule has 0 amide bonds. The molecule has 0 unspecified atom stereocenters. The van der Waals surface area contributed by atoms with Gasteiger partial charge in [0.25, 0.3) is 0 Å². The van der Waals surface area contributed by atoms with Gasteiger partial charge in [-0.1, -0.05) is 73.9 Å². The predicted molar refractivity (Wildman–Crippen MR) is 120 cm³/mol. The van der Waals surface area contributed by atoms with Crippen molar-refractivity contribution in [1.29, 1.82) is 0 Å². The van der Waals surface area contributed by atoms with Gasteiger partial charge >= 0.3 is 0 Å². The minimum absolute atomic E-state index is 0.992. The molecule has 0 heterocycles. The lowest BCUT2D eigenvalue weighted by molar-refractivity contribution is 0.910. The van der Waals surface area contributed by atoms with Crippen molar-refractivity contribution in [2.75, 3.05) is 23.7 Å². The molecule has 2 nitrogen and oxygen atoms in total. The van der Waals surface area contributed by atoms with Crippen LogP contribution in [-0.2, 0) is 0 Å². The molecule has 0 aromatic heterocycles. The van der Waals surface area contributed by atoms with Gasteiger partial charge < -0.3 is 10.6 Å². The Hall–Kier alpha value is -1.53. The molecule has 0 atom stereocenters. The molecular formula is C21H34N2Si2. The zero-order chi connectivity index (χ0) is 18.5. The third-order valence-corrected chi connectivity index (χ3v) is 8.64. The Morgan fingerprint density at radius 3 is 1.16 bits per heavy atom. The Kier molecular flexibility index (Phi) is 6.52. The van der Waals surface area contributed by atoms with Gasteiger partial charge in [0.2, 0.25) is 0 Å². The highest BCUT2D eigenvalue weighted by molar-refractivity contribution is 6.89. The maximum absolute atomic E-state index is 3.52. The predicted octanol–water partition coefficient (Wildman–Crippen LogP) is 4.69. The molecule has 0 saturated carbocycles. The van der Waals surface area contributed by atoms with E-state index in [2.05, 4.69) is 98.4 Å². The smallest absolute Gasteiger partial charge is 0.0775 e. The Balaban J connectivity index is 1.71. The molecule has 0 fully saturated rings. The Morgan fingerprint density at radius 1 is 0.560 bits per heavy atom. The normalized spacial score (nSPS) is 12.1. The van der Waals surface area contributed by atoms with E-state index in [9.17, 15) is 0 Å². The molecule has 4 heteroatoms. The van der Waals surface area contributed by atoms with Crippen LogP contribution >= 0.6 is 0 Å². The topological polar surface area (TPSA) is 24.1 Å². The maximum atomic E-state index is 3.52. The van der Waals surface area contributed by atoms with E-state index in [0.717, 1.165) is 19.5 Å². The van der Waals surface area contributed by atoms with Crippen LogP contribution in [0.2, 0.25) is 39.3 Å². The maximum Gasteiger partial charge on any atom is 0.0775 e. The summed E-state index contributed by atoms with van der Waals surface area (Å²) in [4.78, 5) is 0. The number of rotatable bonds is 8. The van der Waals surface area contributed by atoms with Crippen molar-refractivity contribution in [3.05, 3.63) is 48.5 Å². The highest BCUT2D eigenvalue weighted by atomic mass is 28.3. The molecule has 0 radical (unpaired) electrons. The van der Waals surface area contributed by atoms with Gasteiger partial charge in [0, 0.05) is 24.5 Å². The number of benzene rings is 2. The number of anilines is 2. The van der Waals surface area contributed by atoms with E-state index in [0.29, 0.717) is 0 Å². The average molecular weight is 371 g/mol. The van der Waals surface area contributed by atoms with Gasteiger partial charge in [0.15, 0.2) is 0 Å². The van der Waals surface area contributed by atoms with Crippen molar-refractivity contribution in [2.24, 2.45) is 0 Å². The average Bonchev–Trinajstić information content (AvgIpc) is 2.54. The molecule has 0 aliphatic heterocycles. The lowest BCUT2D eigenvalue weighted by Crippen LogP contribution is -2.37. The minimum Gasteiger partial charge on any atom is -0.385 e. The van der Waals surface area contributed by atoms with E-state index < -0.39 is 16.1 Å². The van der Waals surface area contributed by atoms with Crippen molar-refractivity contribution in [2.45, 2.75) is 45.7 Å². The Bertz CT molecular complexity index is 591. The second-order valence-corrected chi connectivity index (χ2v) is 19.0. The van der Waals surface area contributed by atoms with Gasteiger partial charge in [-0.05, 0) is 30.7 Å². The van der Waals surface area contributed by atoms with Gasteiger partial charge in [-0.25, -0.2) is 0 Å². The summed E-state index contributed by atoms with van der Waals surface area (Å²) in [5.74, 6) is 0. The molecular weight excluding hydrogens is 336 g/mol. The second kappa shape index (κ2) is 8.24. The Morgan fingerprint density at radius 2 is 0.880 bits per heavy atom. The first-order valence-electron chi connectivity index (χ1n) is 9.35. The quantitative estimate of drug-likeness (QED) is 0.520. The summed E-state index contributed by atoms with van der Waals surface area (Å²) in [6.45, 7) is 16.3. The third-order valence-electron chi connectivity index (χ3n) is 4.51. The molecule has 25 heavy (non-hydrogen) atoms. The van der Waals surface area contributed by atoms with Crippen LogP contribution in [0.3, 0.4) is 0 Å². The highest BCUT2D eigenvalue weighted by Crippen LogP contribution is 2.10. The first-order valence-corrected chi connectivity index (χ1v) is 16.3. The van der Waals surface area contributed by atoms with Crippen molar-refractivity contribution in [1.82, 2.24) is 0 Å². The lowest BCUT2D eigenvalue weighted by Gasteiger charge is -2.17. The van der Waals surface area contributed by atoms with Crippen molar-refractivity contribution in [3.8, 4) is 0 Å². The fourth-order valence-electron chi connectivity index (χ4n) is 2.73. The molecule has 2 N–H and O–H groups in total. The van der Waals surface area contributed by atoms with Gasteiger partial charge in [-0.15, -0.1) is 0 Å². The van der Waals surface area contributed by atoms with Crippen LogP contribution in [-0.4, -0.2) is 29.2 Å². The summed E-state index contributed by atoms with van der Waals surface area (Å²) in [7, 11) is -2.38. The fraction of sp³-hybridized carbons (Fsp3) is 0.429. The zero-order valence-corrected chi connectivity index (χ0v) is 18.7. The summed E-state index contributed by atoms with van der Waals surface area (Å²) >= 11 is 0. The summed E-state index contributed by atoms with van der Waals surface area (Å²) in [6, 6.07) is 18.0. The van der Waals surface area contributed by atoms with Crippen LogP contribution < -0.4 is 21.0 Å². The summed E-state index contributed by atoms with van der Waals surface area (Å²) in [5, 5.41) is 10.1. The lowest BCUT2D eigenvalue weighted by atomic mass is 10.3. The van der Waals surface area contributed by atoms with E-state index in [-0.39, 0.29) is 0 Å². The number of hydrogen-bond acceptors (Lipinski definition) is 2. The summed E-state index contributed by atoms with van der Waals surface area (Å²) < 4.78 is 0. The molecule has 2 aromatic rings.